The van der Waals surface area contributed by atoms with Crippen LogP contribution in [0.15, 0.2) is 110 Å². The molecule has 0 spiro atoms. The number of esters is 1. The lowest BCUT2D eigenvalue weighted by molar-refractivity contribution is -0.143. The maximum absolute atomic E-state index is 11.3. The molecule has 0 bridgehead atoms. The van der Waals surface area contributed by atoms with E-state index >= 15 is 0 Å². The Kier molecular flexibility index (Phi) is 8.02. The fourth-order valence-electron chi connectivity index (χ4n) is 4.20. The van der Waals surface area contributed by atoms with Crippen molar-refractivity contribution in [2.24, 2.45) is 0 Å². The molecule has 0 aliphatic rings. The van der Waals surface area contributed by atoms with Crippen LogP contribution in [0.4, 0.5) is 0 Å². The fraction of sp³-hybridized carbons (Fsp3) is 0.182. The highest BCUT2D eigenvalue weighted by atomic mass is 16.6. The molecule has 0 saturated carbocycles. The van der Waals surface area contributed by atoms with E-state index in [0.717, 1.165) is 23.0 Å². The molecule has 4 aromatic rings. The molecule has 182 valence electrons. The van der Waals surface area contributed by atoms with Gasteiger partial charge in [0, 0.05) is 12.0 Å². The second-order valence-corrected chi connectivity index (χ2v) is 9.16. The van der Waals surface area contributed by atoms with Crippen molar-refractivity contribution in [3.05, 3.63) is 138 Å². The molecule has 3 heteroatoms. The van der Waals surface area contributed by atoms with E-state index in [4.69, 9.17) is 9.47 Å². The third-order valence-electron chi connectivity index (χ3n) is 6.22. The summed E-state index contributed by atoms with van der Waals surface area (Å²) in [6, 6.07) is 34.4. The number of hydrogen-bond donors (Lipinski definition) is 0. The van der Waals surface area contributed by atoms with Crippen LogP contribution in [0.1, 0.15) is 40.7 Å². The van der Waals surface area contributed by atoms with Crippen molar-refractivity contribution in [1.82, 2.24) is 0 Å². The molecule has 1 unspecified atom stereocenters. The minimum Gasteiger partial charge on any atom is -0.490 e. The number of hydrogen-bond acceptors (Lipinski definition) is 3. The van der Waals surface area contributed by atoms with Gasteiger partial charge < -0.3 is 9.47 Å². The Morgan fingerprint density at radius 3 is 1.58 bits per heavy atom. The Balaban J connectivity index is 1.51. The minimum absolute atomic E-state index is 0.174. The summed E-state index contributed by atoms with van der Waals surface area (Å²) in [6.07, 6.45) is 0.804. The van der Waals surface area contributed by atoms with Crippen LogP contribution in [0, 0.1) is 13.8 Å². The van der Waals surface area contributed by atoms with E-state index in [1.807, 2.05) is 24.3 Å². The second-order valence-electron chi connectivity index (χ2n) is 9.16. The van der Waals surface area contributed by atoms with Gasteiger partial charge in [-0.3, -0.25) is 0 Å². The molecular formula is C33H32O3. The van der Waals surface area contributed by atoms with Crippen molar-refractivity contribution in [2.75, 3.05) is 6.61 Å². The van der Waals surface area contributed by atoms with Gasteiger partial charge in [0.05, 0.1) is 0 Å². The van der Waals surface area contributed by atoms with Crippen molar-refractivity contribution in [2.45, 2.75) is 32.8 Å². The highest BCUT2D eigenvalue weighted by Crippen LogP contribution is 2.34. The van der Waals surface area contributed by atoms with Gasteiger partial charge in [0.1, 0.15) is 18.5 Å². The van der Waals surface area contributed by atoms with E-state index in [-0.39, 0.29) is 18.6 Å². The van der Waals surface area contributed by atoms with Crippen molar-refractivity contribution < 1.29 is 14.3 Å². The van der Waals surface area contributed by atoms with Crippen LogP contribution < -0.4 is 4.74 Å². The fourth-order valence-corrected chi connectivity index (χ4v) is 4.20. The largest absolute Gasteiger partial charge is 0.490 e. The molecule has 36 heavy (non-hydrogen) atoms. The van der Waals surface area contributed by atoms with E-state index < -0.39 is 5.97 Å². The van der Waals surface area contributed by atoms with E-state index in [1.165, 1.54) is 27.8 Å². The molecule has 0 heterocycles. The molecule has 0 aliphatic carbocycles. The van der Waals surface area contributed by atoms with Crippen molar-refractivity contribution in [3.63, 3.8) is 0 Å². The quantitative estimate of drug-likeness (QED) is 0.141. The summed E-state index contributed by atoms with van der Waals surface area (Å²) in [7, 11) is 0. The lowest BCUT2D eigenvalue weighted by atomic mass is 9.84. The Hall–Kier alpha value is -4.11. The summed E-state index contributed by atoms with van der Waals surface area (Å²) >= 11 is 0. The monoisotopic (exact) mass is 476 g/mol. The molecule has 0 aliphatic heterocycles. The van der Waals surface area contributed by atoms with Crippen LogP contribution in [-0.2, 0) is 9.53 Å². The van der Waals surface area contributed by atoms with Crippen LogP contribution in [-0.4, -0.2) is 18.7 Å². The molecule has 0 radical (unpaired) electrons. The Bertz CT molecular complexity index is 1240. The summed E-state index contributed by atoms with van der Waals surface area (Å²) in [4.78, 5) is 11.3. The zero-order valence-corrected chi connectivity index (χ0v) is 21.1. The number of rotatable bonds is 9. The summed E-state index contributed by atoms with van der Waals surface area (Å²) < 4.78 is 10.9. The first-order chi connectivity index (χ1) is 17.4. The summed E-state index contributed by atoms with van der Waals surface area (Å²) in [5.74, 6) is 0.459. The molecular weight excluding hydrogens is 444 g/mol. The predicted molar refractivity (Wildman–Crippen MR) is 146 cm³/mol. The first kappa shape index (κ1) is 25.0. The average Bonchev–Trinajstić information content (AvgIpc) is 2.90. The Morgan fingerprint density at radius 1 is 0.722 bits per heavy atom. The van der Waals surface area contributed by atoms with E-state index in [0.29, 0.717) is 0 Å². The van der Waals surface area contributed by atoms with Gasteiger partial charge in [0.2, 0.25) is 0 Å². The Morgan fingerprint density at radius 2 is 1.14 bits per heavy atom. The zero-order chi connectivity index (χ0) is 25.5. The third kappa shape index (κ3) is 6.31. The van der Waals surface area contributed by atoms with Crippen molar-refractivity contribution in [1.29, 1.82) is 0 Å². The summed E-state index contributed by atoms with van der Waals surface area (Å²) in [6.45, 7) is 9.72. The highest BCUT2D eigenvalue weighted by molar-refractivity contribution is 5.81. The van der Waals surface area contributed by atoms with Crippen molar-refractivity contribution >= 4 is 5.97 Å². The van der Waals surface area contributed by atoms with E-state index in [1.54, 1.807) is 6.92 Å². The minimum atomic E-state index is -0.447. The maximum Gasteiger partial charge on any atom is 0.330 e. The average molecular weight is 477 g/mol. The van der Waals surface area contributed by atoms with Crippen LogP contribution in [0.25, 0.3) is 11.1 Å². The van der Waals surface area contributed by atoms with Gasteiger partial charge in [-0.1, -0.05) is 103 Å². The zero-order valence-electron chi connectivity index (χ0n) is 21.1. The SMILES string of the molecule is C=CC(=O)OC(C)COc1ccc(-c2ccc(C(c3ccc(C)cc3)c3ccc(C)cc3)cc2)cc1. The maximum atomic E-state index is 11.3. The van der Waals surface area contributed by atoms with Gasteiger partial charge in [-0.2, -0.15) is 0 Å². The third-order valence-corrected chi connectivity index (χ3v) is 6.22. The normalized spacial score (nSPS) is 11.7. The van der Waals surface area contributed by atoms with Gasteiger partial charge in [-0.25, -0.2) is 4.79 Å². The topological polar surface area (TPSA) is 35.5 Å². The molecule has 4 rings (SSSR count). The highest BCUT2D eigenvalue weighted by Gasteiger charge is 2.17. The van der Waals surface area contributed by atoms with Crippen LogP contribution in [0.3, 0.4) is 0 Å². The molecule has 0 aromatic heterocycles. The molecule has 1 atom stereocenters. The first-order valence-corrected chi connectivity index (χ1v) is 12.2. The molecule has 4 aromatic carbocycles. The predicted octanol–water partition coefficient (Wildman–Crippen LogP) is 7.65. The molecule has 0 N–H and O–H groups in total. The number of benzene rings is 4. The van der Waals surface area contributed by atoms with Crippen molar-refractivity contribution in [3.8, 4) is 16.9 Å². The molecule has 3 nitrogen and oxygen atoms in total. The standard InChI is InChI=1S/C33H32O3/c1-5-32(34)36-25(4)22-35-31-20-18-27(19-21-31)26-14-16-30(17-15-26)33(28-10-6-23(2)7-11-28)29-12-8-24(3)9-13-29/h5-21,25,33H,1,22H2,2-4H3. The first-order valence-electron chi connectivity index (χ1n) is 12.2. The number of carbonyl (C=O) groups is 1. The number of aryl methyl sites for hydroxylation is 2. The lowest BCUT2D eigenvalue weighted by Crippen LogP contribution is -2.20. The molecule has 0 saturated heterocycles. The van der Waals surface area contributed by atoms with Gasteiger partial charge >= 0.3 is 5.97 Å². The number of ether oxygens (including phenoxy) is 2. The summed E-state index contributed by atoms with van der Waals surface area (Å²) in [5, 5.41) is 0. The smallest absolute Gasteiger partial charge is 0.330 e. The molecule has 0 fully saturated rings. The second kappa shape index (κ2) is 11.5. The van der Waals surface area contributed by atoms with Crippen LogP contribution in [0.2, 0.25) is 0 Å². The lowest BCUT2D eigenvalue weighted by Gasteiger charge is -2.20. The van der Waals surface area contributed by atoms with Crippen LogP contribution >= 0.6 is 0 Å². The van der Waals surface area contributed by atoms with E-state index in [9.17, 15) is 4.79 Å². The van der Waals surface area contributed by atoms with Gasteiger partial charge in [0.15, 0.2) is 0 Å². The number of carbonyl (C=O) groups excluding carboxylic acids is 1. The molecule has 0 amide bonds. The Labute approximate surface area is 214 Å². The van der Waals surface area contributed by atoms with Gasteiger partial charge in [-0.15, -0.1) is 0 Å². The van der Waals surface area contributed by atoms with Gasteiger partial charge in [-0.05, 0) is 60.7 Å². The van der Waals surface area contributed by atoms with Crippen LogP contribution in [0.5, 0.6) is 5.75 Å². The summed E-state index contributed by atoms with van der Waals surface area (Å²) in [5.41, 5.74) is 8.60. The van der Waals surface area contributed by atoms with Gasteiger partial charge in [0.25, 0.3) is 0 Å². The van der Waals surface area contributed by atoms with E-state index in [2.05, 4.69) is 93.2 Å².